The summed E-state index contributed by atoms with van der Waals surface area (Å²) in [5.74, 6) is 1.37. The predicted octanol–water partition coefficient (Wildman–Crippen LogP) is 3.93. The molecular weight excluding hydrogens is 273 g/mol. The first-order valence-electron chi connectivity index (χ1n) is 5.24. The molecule has 0 saturated carbocycles. The lowest BCUT2D eigenvalue weighted by Gasteiger charge is -2.09. The molecule has 1 N–H and O–H groups in total. The highest BCUT2D eigenvalue weighted by Crippen LogP contribution is 2.32. The molecule has 2 rings (SSSR count). The summed E-state index contributed by atoms with van der Waals surface area (Å²) in [4.78, 5) is 8.31. The summed E-state index contributed by atoms with van der Waals surface area (Å²) in [6.45, 7) is 1.90. The number of ether oxygens (including phenoxy) is 1. The third kappa shape index (κ3) is 2.83. The Kier molecular flexibility index (Phi) is 3.89. The van der Waals surface area contributed by atoms with Crippen molar-refractivity contribution in [2.24, 2.45) is 0 Å². The van der Waals surface area contributed by atoms with Gasteiger partial charge in [-0.3, -0.25) is 4.98 Å². The van der Waals surface area contributed by atoms with Crippen LogP contribution in [-0.2, 0) is 0 Å². The van der Waals surface area contributed by atoms with Crippen LogP contribution in [0.15, 0.2) is 24.4 Å². The molecule has 0 aliphatic heterocycles. The first-order valence-corrected chi connectivity index (χ1v) is 6.00. The van der Waals surface area contributed by atoms with Crippen LogP contribution < -0.4 is 10.1 Å². The Morgan fingerprint density at radius 1 is 1.22 bits per heavy atom. The second-order valence-electron chi connectivity index (χ2n) is 3.59. The molecule has 0 aliphatic carbocycles. The summed E-state index contributed by atoms with van der Waals surface area (Å²) in [6, 6.07) is 5.23. The maximum atomic E-state index is 6.02. The summed E-state index contributed by atoms with van der Waals surface area (Å²) in [5.41, 5.74) is 0.911. The second-order valence-corrected chi connectivity index (χ2v) is 4.41. The van der Waals surface area contributed by atoms with Gasteiger partial charge >= 0.3 is 0 Å². The number of rotatable bonds is 3. The molecule has 2 heterocycles. The molecule has 4 nitrogen and oxygen atoms in total. The van der Waals surface area contributed by atoms with E-state index in [4.69, 9.17) is 27.9 Å². The largest absolute Gasteiger partial charge is 0.436 e. The predicted molar refractivity (Wildman–Crippen MR) is 72.9 cm³/mol. The summed E-state index contributed by atoms with van der Waals surface area (Å²) >= 11 is 12.0. The zero-order valence-corrected chi connectivity index (χ0v) is 11.4. The molecule has 0 aliphatic rings. The van der Waals surface area contributed by atoms with E-state index < -0.39 is 0 Å². The van der Waals surface area contributed by atoms with Crippen LogP contribution in [0.2, 0.25) is 10.0 Å². The Morgan fingerprint density at radius 2 is 2.00 bits per heavy atom. The van der Waals surface area contributed by atoms with Crippen molar-refractivity contribution in [1.29, 1.82) is 0 Å². The quantitative estimate of drug-likeness (QED) is 0.927. The zero-order chi connectivity index (χ0) is 13.1. The van der Waals surface area contributed by atoms with Gasteiger partial charge in [0.2, 0.25) is 5.88 Å². The monoisotopic (exact) mass is 283 g/mol. The van der Waals surface area contributed by atoms with Crippen molar-refractivity contribution in [2.45, 2.75) is 6.92 Å². The minimum Gasteiger partial charge on any atom is -0.436 e. The second kappa shape index (κ2) is 5.42. The molecule has 0 spiro atoms. The van der Waals surface area contributed by atoms with Gasteiger partial charge in [0.25, 0.3) is 0 Å². The van der Waals surface area contributed by atoms with Crippen LogP contribution in [0.4, 0.5) is 5.82 Å². The molecule has 0 bridgehead atoms. The van der Waals surface area contributed by atoms with Gasteiger partial charge in [-0.15, -0.1) is 0 Å². The van der Waals surface area contributed by atoms with Crippen LogP contribution in [-0.4, -0.2) is 17.0 Å². The van der Waals surface area contributed by atoms with E-state index in [9.17, 15) is 0 Å². The topological polar surface area (TPSA) is 47.0 Å². The zero-order valence-electron chi connectivity index (χ0n) is 9.87. The highest BCUT2D eigenvalue weighted by atomic mass is 35.5. The first-order chi connectivity index (χ1) is 8.60. The van der Waals surface area contributed by atoms with E-state index in [0.717, 1.165) is 5.69 Å². The molecule has 0 amide bonds. The van der Waals surface area contributed by atoms with Crippen LogP contribution in [0.3, 0.4) is 0 Å². The van der Waals surface area contributed by atoms with Gasteiger partial charge in [0.05, 0.1) is 11.2 Å². The molecular formula is C12H11Cl2N3O. The lowest BCUT2D eigenvalue weighted by Crippen LogP contribution is -1.97. The van der Waals surface area contributed by atoms with E-state index in [1.54, 1.807) is 25.4 Å². The minimum absolute atomic E-state index is 0.288. The molecule has 0 fully saturated rings. The lowest BCUT2D eigenvalue weighted by atomic mass is 10.4. The van der Waals surface area contributed by atoms with Crippen LogP contribution in [0.5, 0.6) is 11.6 Å². The normalized spacial score (nSPS) is 10.2. The molecule has 2 aromatic heterocycles. The highest BCUT2D eigenvalue weighted by molar-refractivity contribution is 6.36. The van der Waals surface area contributed by atoms with Gasteiger partial charge in [-0.2, -0.15) is 4.98 Å². The number of nitrogens with zero attached hydrogens (tertiary/aromatic N) is 2. The summed E-state index contributed by atoms with van der Waals surface area (Å²) in [7, 11) is 1.72. The van der Waals surface area contributed by atoms with Crippen LogP contribution in [0, 0.1) is 6.92 Å². The Balaban J connectivity index is 2.31. The fourth-order valence-electron chi connectivity index (χ4n) is 1.32. The van der Waals surface area contributed by atoms with Gasteiger partial charge in [0.15, 0.2) is 0 Å². The standard InChI is InChI=1S/C12H11Cl2N3O/c1-7-3-4-8(6-16-7)18-12-10(14)5-9(13)11(15-2)17-12/h3-6H,1-2H3,(H,15,17). The van der Waals surface area contributed by atoms with E-state index in [1.807, 2.05) is 13.0 Å². The van der Waals surface area contributed by atoms with Crippen LogP contribution in [0.1, 0.15) is 5.69 Å². The fourth-order valence-corrected chi connectivity index (χ4v) is 1.81. The van der Waals surface area contributed by atoms with Gasteiger partial charge < -0.3 is 10.1 Å². The summed E-state index contributed by atoms with van der Waals surface area (Å²) < 4.78 is 5.56. The Labute approximate surface area is 115 Å². The number of halogens is 2. The smallest absolute Gasteiger partial charge is 0.240 e. The Bertz CT molecular complexity index is 558. The van der Waals surface area contributed by atoms with Crippen LogP contribution in [0.25, 0.3) is 0 Å². The van der Waals surface area contributed by atoms with Crippen molar-refractivity contribution >= 4 is 29.0 Å². The number of nitrogens with one attached hydrogen (secondary N) is 1. The van der Waals surface area contributed by atoms with Crippen LogP contribution >= 0.6 is 23.2 Å². The molecule has 18 heavy (non-hydrogen) atoms. The SMILES string of the molecule is CNc1nc(Oc2ccc(C)nc2)c(Cl)cc1Cl. The summed E-state index contributed by atoms with van der Waals surface area (Å²) in [5, 5.41) is 3.65. The van der Waals surface area contributed by atoms with E-state index >= 15 is 0 Å². The molecule has 0 aromatic carbocycles. The van der Waals surface area contributed by atoms with E-state index in [-0.39, 0.29) is 5.88 Å². The number of aromatic nitrogens is 2. The van der Waals surface area contributed by atoms with E-state index in [1.165, 1.54) is 0 Å². The van der Waals surface area contributed by atoms with Crippen molar-refractivity contribution in [1.82, 2.24) is 9.97 Å². The van der Waals surface area contributed by atoms with Crippen molar-refractivity contribution in [3.63, 3.8) is 0 Å². The number of aryl methyl sites for hydroxylation is 1. The van der Waals surface area contributed by atoms with Gasteiger partial charge in [-0.25, -0.2) is 0 Å². The molecule has 0 saturated heterocycles. The molecule has 2 aromatic rings. The maximum absolute atomic E-state index is 6.02. The minimum atomic E-state index is 0.288. The highest BCUT2D eigenvalue weighted by Gasteiger charge is 2.10. The maximum Gasteiger partial charge on any atom is 0.240 e. The van der Waals surface area contributed by atoms with Crippen molar-refractivity contribution < 1.29 is 4.74 Å². The molecule has 0 atom stereocenters. The Hall–Kier alpha value is -1.52. The van der Waals surface area contributed by atoms with E-state index in [0.29, 0.717) is 21.6 Å². The molecule has 94 valence electrons. The van der Waals surface area contributed by atoms with Gasteiger partial charge in [-0.05, 0) is 25.1 Å². The van der Waals surface area contributed by atoms with Crippen molar-refractivity contribution in [3.05, 3.63) is 40.1 Å². The van der Waals surface area contributed by atoms with Gasteiger partial charge in [0, 0.05) is 12.7 Å². The average Bonchev–Trinajstić information content (AvgIpc) is 2.35. The number of hydrogen-bond acceptors (Lipinski definition) is 4. The van der Waals surface area contributed by atoms with Crippen molar-refractivity contribution in [2.75, 3.05) is 12.4 Å². The lowest BCUT2D eigenvalue weighted by molar-refractivity contribution is 0.461. The van der Waals surface area contributed by atoms with E-state index in [2.05, 4.69) is 15.3 Å². The van der Waals surface area contributed by atoms with Gasteiger partial charge in [-0.1, -0.05) is 23.2 Å². The number of anilines is 1. The van der Waals surface area contributed by atoms with Crippen molar-refractivity contribution in [3.8, 4) is 11.6 Å². The molecule has 0 unspecified atom stereocenters. The first kappa shape index (κ1) is 12.9. The average molecular weight is 284 g/mol. The summed E-state index contributed by atoms with van der Waals surface area (Å²) in [6.07, 6.45) is 1.61. The Morgan fingerprint density at radius 3 is 2.61 bits per heavy atom. The third-order valence-electron chi connectivity index (χ3n) is 2.23. The van der Waals surface area contributed by atoms with Gasteiger partial charge in [0.1, 0.15) is 16.6 Å². The molecule has 6 heteroatoms. The number of hydrogen-bond donors (Lipinski definition) is 1. The fraction of sp³-hybridized carbons (Fsp3) is 0.167. The third-order valence-corrected chi connectivity index (χ3v) is 2.79. The molecule has 0 radical (unpaired) electrons. The number of pyridine rings is 2.